The fourth-order valence-corrected chi connectivity index (χ4v) is 5.73. The number of pyridine rings is 2. The molecule has 1 saturated heterocycles. The van der Waals surface area contributed by atoms with Crippen LogP contribution in [-0.2, 0) is 4.74 Å². The van der Waals surface area contributed by atoms with E-state index in [4.69, 9.17) is 26.3 Å². The molecule has 0 spiro atoms. The fourth-order valence-electron chi connectivity index (χ4n) is 5.41. The average Bonchev–Trinajstić information content (AvgIpc) is 3.19. The Labute approximate surface area is 220 Å². The van der Waals surface area contributed by atoms with Gasteiger partial charge in [-0.1, -0.05) is 30.1 Å². The Hall–Kier alpha value is -3.34. The highest BCUT2D eigenvalue weighted by molar-refractivity contribution is 7.99. The van der Waals surface area contributed by atoms with Gasteiger partial charge in [-0.25, -0.2) is 15.2 Å². The molecule has 0 unspecified atom stereocenters. The van der Waals surface area contributed by atoms with Crippen molar-refractivity contribution in [2.75, 3.05) is 31.2 Å². The largest absolute Gasteiger partial charge is 0.401 e. The van der Waals surface area contributed by atoms with Gasteiger partial charge < -0.3 is 24.8 Å². The number of nitrogens with zero attached hydrogens (tertiary/aromatic N) is 4. The van der Waals surface area contributed by atoms with Gasteiger partial charge in [0.2, 0.25) is 0 Å². The van der Waals surface area contributed by atoms with Gasteiger partial charge in [-0.2, -0.15) is 0 Å². The second kappa shape index (κ2) is 10.6. The molecule has 1 aliphatic heterocycles. The Morgan fingerprint density at radius 3 is 2.68 bits per heavy atom. The minimum Gasteiger partial charge on any atom is -0.401 e. The molecule has 0 saturated carbocycles. The SMILES string of the molecule is CSNc1ccc2c3ncc(/C(=C(\C)N)N(C)N)cc3n([C@H](c3ccccc3F)C3CCOCC3)c2n1. The number of rotatable bonds is 7. The van der Waals surface area contributed by atoms with E-state index in [0.29, 0.717) is 30.2 Å². The molecule has 0 aliphatic carbocycles. The van der Waals surface area contributed by atoms with E-state index in [1.54, 1.807) is 19.3 Å². The van der Waals surface area contributed by atoms with Crippen molar-refractivity contribution >= 4 is 45.5 Å². The summed E-state index contributed by atoms with van der Waals surface area (Å²) in [7, 11) is 1.75. The van der Waals surface area contributed by atoms with Crippen molar-refractivity contribution in [3.8, 4) is 0 Å². The Balaban J connectivity index is 1.86. The Bertz CT molecular complexity index is 1460. The quantitative estimate of drug-likeness (QED) is 0.179. The monoisotopic (exact) mass is 521 g/mol. The molecule has 4 heterocycles. The standard InChI is InChI=1S/C27H32FN7OS/c1-16(29)25(34(2)30)18-14-22-24(31-15-18)20-8-9-23(33-37-3)32-27(20)35(22)26(17-10-12-36-13-11-17)19-6-4-5-7-21(19)28/h4-9,14-15,17,26H,10-13,29-30H2,1-3H3,(H,32,33)/b25-16-/t26-/m0/s1. The Morgan fingerprint density at radius 2 is 2.00 bits per heavy atom. The number of halogens is 1. The summed E-state index contributed by atoms with van der Waals surface area (Å²) >= 11 is 1.47. The lowest BCUT2D eigenvalue weighted by atomic mass is 9.86. The highest BCUT2D eigenvalue weighted by atomic mass is 32.2. The lowest BCUT2D eigenvalue weighted by Gasteiger charge is -2.33. The van der Waals surface area contributed by atoms with E-state index in [2.05, 4.69) is 9.29 Å². The van der Waals surface area contributed by atoms with Crippen LogP contribution in [0.3, 0.4) is 0 Å². The molecule has 8 nitrogen and oxygen atoms in total. The first-order valence-electron chi connectivity index (χ1n) is 12.3. The predicted octanol–water partition coefficient (Wildman–Crippen LogP) is 4.88. The summed E-state index contributed by atoms with van der Waals surface area (Å²) in [6, 6.07) is 12.7. The van der Waals surface area contributed by atoms with Gasteiger partial charge in [0.05, 0.1) is 22.8 Å². The fraction of sp³-hybridized carbons (Fsp3) is 0.333. The van der Waals surface area contributed by atoms with Gasteiger partial charge >= 0.3 is 0 Å². The van der Waals surface area contributed by atoms with Gasteiger partial charge in [-0.05, 0) is 49.9 Å². The van der Waals surface area contributed by atoms with Crippen LogP contribution in [-0.4, -0.2) is 46.1 Å². The van der Waals surface area contributed by atoms with E-state index in [9.17, 15) is 0 Å². The molecule has 37 heavy (non-hydrogen) atoms. The number of hydrogen-bond acceptors (Lipinski definition) is 8. The number of fused-ring (bicyclic) bond motifs is 3. The Kier molecular flexibility index (Phi) is 7.23. The van der Waals surface area contributed by atoms with Crippen LogP contribution < -0.4 is 16.3 Å². The predicted molar refractivity (Wildman–Crippen MR) is 149 cm³/mol. The number of allylic oxidation sites excluding steroid dienone is 1. The summed E-state index contributed by atoms with van der Waals surface area (Å²) < 4.78 is 26.5. The topological polar surface area (TPSA) is 107 Å². The third-order valence-electron chi connectivity index (χ3n) is 6.91. The van der Waals surface area contributed by atoms with Crippen molar-refractivity contribution in [3.63, 3.8) is 0 Å². The van der Waals surface area contributed by atoms with E-state index in [1.165, 1.54) is 23.0 Å². The van der Waals surface area contributed by atoms with Crippen LogP contribution in [0.15, 0.2) is 54.4 Å². The highest BCUT2D eigenvalue weighted by Crippen LogP contribution is 2.41. The van der Waals surface area contributed by atoms with E-state index in [0.717, 1.165) is 46.3 Å². The maximum atomic E-state index is 15.5. The van der Waals surface area contributed by atoms with Crippen LogP contribution in [0, 0.1) is 11.7 Å². The molecular formula is C27H32FN7OS. The van der Waals surface area contributed by atoms with Crippen molar-refractivity contribution in [1.82, 2.24) is 19.5 Å². The van der Waals surface area contributed by atoms with Gasteiger partial charge in [0.15, 0.2) is 0 Å². The highest BCUT2D eigenvalue weighted by Gasteiger charge is 2.32. The summed E-state index contributed by atoms with van der Waals surface area (Å²) in [5, 5.41) is 2.40. The summed E-state index contributed by atoms with van der Waals surface area (Å²) in [6.07, 6.45) is 5.36. The molecule has 0 amide bonds. The number of anilines is 1. The average molecular weight is 522 g/mol. The molecule has 1 atom stereocenters. The summed E-state index contributed by atoms with van der Waals surface area (Å²) in [6.45, 7) is 3.09. The molecule has 1 aromatic carbocycles. The van der Waals surface area contributed by atoms with Crippen LogP contribution in [0.25, 0.3) is 27.8 Å². The van der Waals surface area contributed by atoms with E-state index >= 15 is 4.39 Å². The first kappa shape index (κ1) is 25.3. The van der Waals surface area contributed by atoms with Crippen LogP contribution in [0.1, 0.15) is 36.9 Å². The zero-order valence-electron chi connectivity index (χ0n) is 21.2. The minimum absolute atomic E-state index is 0.149. The molecule has 4 aromatic rings. The Morgan fingerprint density at radius 1 is 1.24 bits per heavy atom. The number of hydrogen-bond donors (Lipinski definition) is 3. The van der Waals surface area contributed by atoms with Crippen LogP contribution in [0.4, 0.5) is 10.2 Å². The molecule has 3 aromatic heterocycles. The number of aromatic nitrogens is 3. The zero-order chi connectivity index (χ0) is 26.1. The molecule has 194 valence electrons. The van der Waals surface area contributed by atoms with Crippen molar-refractivity contribution < 1.29 is 9.13 Å². The molecule has 0 bridgehead atoms. The molecule has 10 heteroatoms. The lowest BCUT2D eigenvalue weighted by Crippen LogP contribution is -2.28. The summed E-state index contributed by atoms with van der Waals surface area (Å²) in [4.78, 5) is 9.84. The van der Waals surface area contributed by atoms with E-state index in [1.807, 2.05) is 43.5 Å². The lowest BCUT2D eigenvalue weighted by molar-refractivity contribution is 0.0548. The van der Waals surface area contributed by atoms with Gasteiger partial charge in [-0.15, -0.1) is 0 Å². The van der Waals surface area contributed by atoms with Crippen molar-refractivity contribution in [3.05, 3.63) is 71.3 Å². The number of benzene rings is 1. The molecule has 5 N–H and O–H groups in total. The smallest absolute Gasteiger partial charge is 0.145 e. The van der Waals surface area contributed by atoms with Gasteiger partial charge in [0.1, 0.15) is 17.3 Å². The third-order valence-corrected chi connectivity index (χ3v) is 7.32. The van der Waals surface area contributed by atoms with Crippen LogP contribution in [0.2, 0.25) is 0 Å². The second-order valence-electron chi connectivity index (χ2n) is 9.39. The van der Waals surface area contributed by atoms with Gasteiger partial charge in [0.25, 0.3) is 0 Å². The van der Waals surface area contributed by atoms with Gasteiger partial charge in [-0.3, -0.25) is 4.98 Å². The zero-order valence-corrected chi connectivity index (χ0v) is 22.1. The van der Waals surface area contributed by atoms with Crippen LogP contribution >= 0.6 is 11.9 Å². The van der Waals surface area contributed by atoms with Crippen molar-refractivity contribution in [1.29, 1.82) is 0 Å². The minimum atomic E-state index is -0.304. The summed E-state index contributed by atoms with van der Waals surface area (Å²) in [5.41, 5.74) is 11.3. The normalized spacial score (nSPS) is 16.1. The number of hydrazine groups is 1. The molecular weight excluding hydrogens is 489 g/mol. The van der Waals surface area contributed by atoms with Crippen molar-refractivity contribution in [2.45, 2.75) is 25.8 Å². The number of nitrogens with one attached hydrogen (secondary N) is 1. The maximum absolute atomic E-state index is 15.5. The van der Waals surface area contributed by atoms with E-state index < -0.39 is 0 Å². The third kappa shape index (κ3) is 4.72. The number of nitrogens with two attached hydrogens (primary N) is 2. The molecule has 0 radical (unpaired) electrons. The summed E-state index contributed by atoms with van der Waals surface area (Å²) in [5.74, 6) is 6.78. The van der Waals surface area contributed by atoms with Gasteiger partial charge in [0, 0.05) is 54.9 Å². The van der Waals surface area contributed by atoms with Crippen molar-refractivity contribution in [2.24, 2.45) is 17.5 Å². The molecule has 1 aliphatic rings. The molecule has 1 fully saturated rings. The maximum Gasteiger partial charge on any atom is 0.145 e. The second-order valence-corrected chi connectivity index (χ2v) is 10.0. The first-order valence-corrected chi connectivity index (χ1v) is 13.5. The van der Waals surface area contributed by atoms with Crippen LogP contribution in [0.5, 0.6) is 0 Å². The molecule has 5 rings (SSSR count). The van der Waals surface area contributed by atoms with E-state index in [-0.39, 0.29) is 17.8 Å². The first-order chi connectivity index (χ1) is 17.9. The number of ether oxygens (including phenoxy) is 1.